The summed E-state index contributed by atoms with van der Waals surface area (Å²) in [5.74, 6) is -0.721. The van der Waals surface area contributed by atoms with Crippen LogP contribution in [0, 0.1) is 10.1 Å². The van der Waals surface area contributed by atoms with Crippen LogP contribution in [0.25, 0.3) is 0 Å². The van der Waals surface area contributed by atoms with E-state index in [0.29, 0.717) is 0 Å². The van der Waals surface area contributed by atoms with Gasteiger partial charge in [-0.25, -0.2) is 4.98 Å². The number of nitrogens with zero attached hydrogens (tertiary/aromatic N) is 1. The van der Waals surface area contributed by atoms with Gasteiger partial charge in [0, 0.05) is 12.6 Å². The molecule has 82 valence electrons. The zero-order chi connectivity index (χ0) is 11.4. The molecule has 0 saturated carbocycles. The van der Waals surface area contributed by atoms with Gasteiger partial charge in [0.25, 0.3) is 5.91 Å². The largest absolute Gasteiger partial charge is 0.392 e. The van der Waals surface area contributed by atoms with Crippen molar-refractivity contribution in [2.24, 2.45) is 0 Å². The van der Waals surface area contributed by atoms with Crippen LogP contribution < -0.4 is 5.32 Å². The Bertz CT molecular complexity index is 372. The molecule has 1 aromatic heterocycles. The Labute approximate surface area is 85.3 Å². The zero-order valence-corrected chi connectivity index (χ0v) is 8.06. The lowest BCUT2D eigenvalue weighted by Crippen LogP contribution is -2.30. The molecular weight excluding hydrogens is 202 g/mol. The van der Waals surface area contributed by atoms with Crippen LogP contribution in [0.2, 0.25) is 0 Å². The highest BCUT2D eigenvalue weighted by atomic mass is 16.6. The number of carbonyl (C=O) groups excluding carboxylic acids is 1. The van der Waals surface area contributed by atoms with E-state index in [1.165, 1.54) is 19.1 Å². The Balaban J connectivity index is 2.62. The van der Waals surface area contributed by atoms with Crippen molar-refractivity contribution in [1.82, 2.24) is 10.3 Å². The molecule has 0 radical (unpaired) electrons. The molecule has 15 heavy (non-hydrogen) atoms. The van der Waals surface area contributed by atoms with E-state index in [-0.39, 0.29) is 18.1 Å². The van der Waals surface area contributed by atoms with Gasteiger partial charge in [-0.1, -0.05) is 0 Å². The number of nitro groups is 1. The topological polar surface area (TPSA) is 108 Å². The highest BCUT2D eigenvalue weighted by molar-refractivity contribution is 5.92. The SMILES string of the molecule is C[C@@H](O)CNC(=O)c1ccc([N+](=O)[O-])[nH]1. The minimum atomic E-state index is -0.654. The van der Waals surface area contributed by atoms with Crippen molar-refractivity contribution in [2.45, 2.75) is 13.0 Å². The summed E-state index contributed by atoms with van der Waals surface area (Å²) < 4.78 is 0. The van der Waals surface area contributed by atoms with Crippen molar-refractivity contribution >= 4 is 11.7 Å². The molecule has 0 aliphatic carbocycles. The van der Waals surface area contributed by atoms with E-state index < -0.39 is 16.9 Å². The number of aliphatic hydroxyl groups is 1. The maximum absolute atomic E-state index is 11.3. The Morgan fingerprint density at radius 1 is 1.73 bits per heavy atom. The molecule has 0 aliphatic heterocycles. The van der Waals surface area contributed by atoms with Crippen LogP contribution in [0.4, 0.5) is 5.82 Å². The molecule has 0 spiro atoms. The van der Waals surface area contributed by atoms with Crippen molar-refractivity contribution in [3.63, 3.8) is 0 Å². The summed E-state index contributed by atoms with van der Waals surface area (Å²) in [6.45, 7) is 1.63. The molecule has 0 bridgehead atoms. The molecule has 3 N–H and O–H groups in total. The molecule has 1 aromatic rings. The van der Waals surface area contributed by atoms with E-state index in [9.17, 15) is 14.9 Å². The van der Waals surface area contributed by atoms with Gasteiger partial charge in [-0.15, -0.1) is 0 Å². The maximum atomic E-state index is 11.3. The minimum absolute atomic E-state index is 0.0994. The second-order valence-electron chi connectivity index (χ2n) is 3.07. The predicted octanol–water partition coefficient (Wildman–Crippen LogP) is 0.0335. The molecule has 0 unspecified atom stereocenters. The lowest BCUT2D eigenvalue weighted by molar-refractivity contribution is -0.389. The first-order valence-corrected chi connectivity index (χ1v) is 4.30. The van der Waals surface area contributed by atoms with E-state index in [2.05, 4.69) is 10.3 Å². The summed E-state index contributed by atoms with van der Waals surface area (Å²) in [6.07, 6.45) is -0.654. The molecule has 0 saturated heterocycles. The molecule has 7 nitrogen and oxygen atoms in total. The third-order valence-corrected chi connectivity index (χ3v) is 1.67. The van der Waals surface area contributed by atoms with Crippen molar-refractivity contribution < 1.29 is 14.8 Å². The van der Waals surface area contributed by atoms with Gasteiger partial charge in [0.15, 0.2) is 5.69 Å². The van der Waals surface area contributed by atoms with Gasteiger partial charge in [-0.05, 0) is 17.9 Å². The number of amides is 1. The Morgan fingerprint density at radius 2 is 2.40 bits per heavy atom. The second kappa shape index (κ2) is 4.56. The van der Waals surface area contributed by atoms with Crippen LogP contribution in [-0.2, 0) is 0 Å². The smallest absolute Gasteiger partial charge is 0.321 e. The van der Waals surface area contributed by atoms with Crippen LogP contribution >= 0.6 is 0 Å². The van der Waals surface area contributed by atoms with Crippen molar-refractivity contribution in [3.05, 3.63) is 27.9 Å². The fraction of sp³-hybridized carbons (Fsp3) is 0.375. The first-order chi connectivity index (χ1) is 7.00. The normalized spacial score (nSPS) is 12.1. The van der Waals surface area contributed by atoms with Crippen molar-refractivity contribution in [3.8, 4) is 0 Å². The molecule has 1 rings (SSSR count). The monoisotopic (exact) mass is 213 g/mol. The van der Waals surface area contributed by atoms with Crippen LogP contribution in [0.3, 0.4) is 0 Å². The zero-order valence-electron chi connectivity index (χ0n) is 8.06. The molecule has 7 heteroatoms. The second-order valence-corrected chi connectivity index (χ2v) is 3.07. The van der Waals surface area contributed by atoms with E-state index in [1.807, 2.05) is 0 Å². The predicted molar refractivity (Wildman–Crippen MR) is 51.5 cm³/mol. The summed E-state index contributed by atoms with van der Waals surface area (Å²) in [5.41, 5.74) is 0.0994. The highest BCUT2D eigenvalue weighted by Crippen LogP contribution is 2.09. The molecule has 1 heterocycles. The molecule has 0 aliphatic rings. The fourth-order valence-corrected chi connectivity index (χ4v) is 0.958. The Morgan fingerprint density at radius 3 is 2.87 bits per heavy atom. The van der Waals surface area contributed by atoms with Crippen molar-refractivity contribution in [1.29, 1.82) is 0 Å². The van der Waals surface area contributed by atoms with E-state index in [0.717, 1.165) is 0 Å². The Kier molecular flexibility index (Phi) is 3.40. The van der Waals surface area contributed by atoms with Crippen LogP contribution in [0.5, 0.6) is 0 Å². The Hall–Kier alpha value is -1.89. The summed E-state index contributed by atoms with van der Waals surface area (Å²) in [7, 11) is 0. The standard InChI is InChI=1S/C8H11N3O4/c1-5(12)4-9-8(13)6-2-3-7(10-6)11(14)15/h2-3,5,10,12H,4H2,1H3,(H,9,13)/t5-/m1/s1. The number of hydrogen-bond donors (Lipinski definition) is 3. The first kappa shape index (κ1) is 11.2. The number of rotatable bonds is 4. The fourth-order valence-electron chi connectivity index (χ4n) is 0.958. The number of hydrogen-bond acceptors (Lipinski definition) is 4. The van der Waals surface area contributed by atoms with Gasteiger partial charge < -0.3 is 20.5 Å². The van der Waals surface area contributed by atoms with Gasteiger partial charge in [0.2, 0.25) is 0 Å². The van der Waals surface area contributed by atoms with E-state index in [1.54, 1.807) is 0 Å². The van der Waals surface area contributed by atoms with Gasteiger partial charge in [0.1, 0.15) is 0 Å². The average Bonchev–Trinajstić information content (AvgIpc) is 2.62. The number of aliphatic hydroxyl groups excluding tert-OH is 1. The lowest BCUT2D eigenvalue weighted by Gasteiger charge is -2.03. The van der Waals surface area contributed by atoms with Gasteiger partial charge in [-0.2, -0.15) is 0 Å². The summed E-state index contributed by atoms with van der Waals surface area (Å²) in [5, 5.41) is 21.6. The maximum Gasteiger partial charge on any atom is 0.321 e. The van der Waals surface area contributed by atoms with Crippen LogP contribution in [-0.4, -0.2) is 33.6 Å². The number of H-pyrrole nitrogens is 1. The highest BCUT2D eigenvalue weighted by Gasteiger charge is 2.14. The summed E-state index contributed by atoms with van der Waals surface area (Å²) in [6, 6.07) is 2.52. The third kappa shape index (κ3) is 3.06. The van der Waals surface area contributed by atoms with Crippen LogP contribution in [0.1, 0.15) is 17.4 Å². The van der Waals surface area contributed by atoms with Gasteiger partial charge in [0.05, 0.1) is 6.10 Å². The molecule has 0 fully saturated rings. The first-order valence-electron chi connectivity index (χ1n) is 4.30. The quantitative estimate of drug-likeness (QED) is 0.484. The van der Waals surface area contributed by atoms with Gasteiger partial charge >= 0.3 is 5.82 Å². The van der Waals surface area contributed by atoms with Crippen molar-refractivity contribution in [2.75, 3.05) is 6.54 Å². The number of nitrogens with one attached hydrogen (secondary N) is 2. The van der Waals surface area contributed by atoms with Gasteiger partial charge in [-0.3, -0.25) is 4.79 Å². The number of carbonyl (C=O) groups is 1. The molecule has 1 amide bonds. The summed E-state index contributed by atoms with van der Waals surface area (Å²) in [4.78, 5) is 23.3. The lowest BCUT2D eigenvalue weighted by atomic mass is 10.3. The minimum Gasteiger partial charge on any atom is -0.392 e. The van der Waals surface area contributed by atoms with E-state index >= 15 is 0 Å². The van der Waals surface area contributed by atoms with Crippen LogP contribution in [0.15, 0.2) is 12.1 Å². The molecular formula is C8H11N3O4. The number of aromatic nitrogens is 1. The average molecular weight is 213 g/mol. The number of aromatic amines is 1. The third-order valence-electron chi connectivity index (χ3n) is 1.67. The van der Waals surface area contributed by atoms with E-state index in [4.69, 9.17) is 5.11 Å². The molecule has 1 atom stereocenters. The summed E-state index contributed by atoms with van der Waals surface area (Å²) >= 11 is 0. The molecule has 0 aromatic carbocycles.